The minimum absolute atomic E-state index is 0. The molecule has 1 rings (SSSR count). The van der Waals surface area contributed by atoms with E-state index in [0.717, 1.165) is 0 Å². The SMILES string of the molecule is CCC(C)C1(CC)C(=O)N=C(O)NC1=O.[MgH2].[NaH]. The molecule has 2 atom stereocenters. The van der Waals surface area contributed by atoms with Gasteiger partial charge in [-0.05, 0) is 12.3 Å². The summed E-state index contributed by atoms with van der Waals surface area (Å²) < 4.78 is 0. The number of rotatable bonds is 3. The van der Waals surface area contributed by atoms with Crippen molar-refractivity contribution in [3.05, 3.63) is 0 Å². The van der Waals surface area contributed by atoms with E-state index in [1.165, 1.54) is 0 Å². The Morgan fingerprint density at radius 3 is 2.29 bits per heavy atom. The van der Waals surface area contributed by atoms with Crippen molar-refractivity contribution in [2.75, 3.05) is 0 Å². The third-order valence-electron chi connectivity index (χ3n) is 3.23. The fraction of sp³-hybridized carbons (Fsp3) is 0.700. The minimum atomic E-state index is -1.11. The van der Waals surface area contributed by atoms with Gasteiger partial charge in [-0.3, -0.25) is 14.9 Å². The van der Waals surface area contributed by atoms with Gasteiger partial charge in [0.1, 0.15) is 5.41 Å². The molecule has 0 aliphatic carbocycles. The molecule has 0 saturated heterocycles. The first-order chi connectivity index (χ1) is 6.98. The number of hydrogen-bond donors (Lipinski definition) is 2. The van der Waals surface area contributed by atoms with Gasteiger partial charge in [0.15, 0.2) is 0 Å². The zero-order valence-corrected chi connectivity index (χ0v) is 9.20. The molecule has 0 fully saturated rings. The van der Waals surface area contributed by atoms with E-state index in [1.807, 2.05) is 13.8 Å². The first kappa shape index (κ1) is 19.7. The molecular weight excluding hydrogens is 243 g/mol. The zero-order chi connectivity index (χ0) is 11.6. The van der Waals surface area contributed by atoms with E-state index in [9.17, 15) is 9.59 Å². The quantitative estimate of drug-likeness (QED) is 0.528. The molecule has 2 amide bonds. The van der Waals surface area contributed by atoms with E-state index in [2.05, 4.69) is 10.3 Å². The fourth-order valence-corrected chi connectivity index (χ4v) is 1.98. The van der Waals surface area contributed by atoms with Gasteiger partial charge in [0.2, 0.25) is 5.91 Å². The summed E-state index contributed by atoms with van der Waals surface area (Å²) in [6, 6.07) is -0.600. The van der Waals surface area contributed by atoms with Crippen LogP contribution in [0.5, 0.6) is 0 Å². The van der Waals surface area contributed by atoms with Crippen molar-refractivity contribution < 1.29 is 14.7 Å². The van der Waals surface area contributed by atoms with Crippen LogP contribution in [0.25, 0.3) is 0 Å². The van der Waals surface area contributed by atoms with E-state index in [0.29, 0.717) is 12.8 Å². The van der Waals surface area contributed by atoms with Crippen LogP contribution in [0.1, 0.15) is 33.6 Å². The van der Waals surface area contributed by atoms with E-state index >= 15 is 0 Å². The molecule has 0 spiro atoms. The van der Waals surface area contributed by atoms with E-state index in [1.54, 1.807) is 6.92 Å². The standard InChI is InChI=1S/C10H16N2O3.Mg.Na.3H/c1-4-6(3)10(5-2)7(13)11-9(15)12-8(10)14;;;;;/h6H,4-5H2,1-3H3,(H2,11,12,13,14,15);;;;;. The summed E-state index contributed by atoms with van der Waals surface area (Å²) in [4.78, 5) is 27.0. The topological polar surface area (TPSA) is 78.8 Å². The summed E-state index contributed by atoms with van der Waals surface area (Å²) in [7, 11) is 0. The van der Waals surface area contributed by atoms with Crippen molar-refractivity contribution in [3.63, 3.8) is 0 Å². The van der Waals surface area contributed by atoms with Crippen molar-refractivity contribution in [1.29, 1.82) is 0 Å². The average Bonchev–Trinajstić information content (AvgIpc) is 2.17. The van der Waals surface area contributed by atoms with Crippen molar-refractivity contribution in [2.24, 2.45) is 16.3 Å². The molecule has 0 saturated carbocycles. The summed E-state index contributed by atoms with van der Waals surface area (Å²) in [5.74, 6) is -1.08. The number of amidine groups is 1. The van der Waals surface area contributed by atoms with Crippen molar-refractivity contribution >= 4 is 70.4 Å². The van der Waals surface area contributed by atoms with Crippen LogP contribution in [0, 0.1) is 11.3 Å². The van der Waals surface area contributed by atoms with Crippen molar-refractivity contribution in [3.8, 4) is 0 Å². The molecule has 2 N–H and O–H groups in total. The van der Waals surface area contributed by atoms with E-state index < -0.39 is 23.3 Å². The molecule has 90 valence electrons. The summed E-state index contributed by atoms with van der Waals surface area (Å²) >= 11 is 0. The van der Waals surface area contributed by atoms with Gasteiger partial charge in [-0.1, -0.05) is 27.2 Å². The molecule has 17 heavy (non-hydrogen) atoms. The van der Waals surface area contributed by atoms with Gasteiger partial charge < -0.3 is 5.11 Å². The van der Waals surface area contributed by atoms with Gasteiger partial charge in [-0.15, -0.1) is 0 Å². The third kappa shape index (κ3) is 3.44. The van der Waals surface area contributed by atoms with Crippen LogP contribution in [-0.4, -0.2) is 75.6 Å². The Bertz CT molecular complexity index is 336. The molecular formula is C10H19MgN2NaO3. The molecule has 7 heteroatoms. The Hall–Kier alpha value is 0.376. The van der Waals surface area contributed by atoms with Crippen molar-refractivity contribution in [2.45, 2.75) is 33.6 Å². The summed E-state index contributed by atoms with van der Waals surface area (Å²) in [5, 5.41) is 11.2. The maximum absolute atomic E-state index is 11.8. The normalized spacial score (nSPS) is 25.0. The van der Waals surface area contributed by atoms with Gasteiger partial charge in [0.25, 0.3) is 11.9 Å². The number of aliphatic imine (C=N–C) groups is 1. The molecule has 2 unspecified atom stereocenters. The molecule has 0 aromatic rings. The molecule has 0 bridgehead atoms. The predicted molar refractivity (Wildman–Crippen MR) is 71.1 cm³/mol. The maximum atomic E-state index is 11.8. The predicted octanol–water partition coefficient (Wildman–Crippen LogP) is -0.565. The Kier molecular flexibility index (Phi) is 8.97. The van der Waals surface area contributed by atoms with Gasteiger partial charge in [0.05, 0.1) is 0 Å². The van der Waals surface area contributed by atoms with Gasteiger partial charge in [-0.25, -0.2) is 0 Å². The zero-order valence-electron chi connectivity index (χ0n) is 9.20. The molecule has 0 aromatic carbocycles. The number of nitrogens with zero attached hydrogens (tertiary/aromatic N) is 1. The van der Waals surface area contributed by atoms with Crippen LogP contribution >= 0.6 is 0 Å². The van der Waals surface area contributed by atoms with Crippen LogP contribution in [0.15, 0.2) is 4.99 Å². The second-order valence-electron chi connectivity index (χ2n) is 3.83. The number of carbonyl (C=O) groups is 2. The van der Waals surface area contributed by atoms with E-state index in [4.69, 9.17) is 5.11 Å². The molecule has 0 aromatic heterocycles. The molecule has 1 heterocycles. The number of amides is 2. The monoisotopic (exact) mass is 262 g/mol. The number of nitrogens with one attached hydrogen (secondary N) is 1. The molecule has 1 aliphatic rings. The first-order valence-corrected chi connectivity index (χ1v) is 5.12. The Morgan fingerprint density at radius 1 is 1.41 bits per heavy atom. The third-order valence-corrected chi connectivity index (χ3v) is 3.23. The summed E-state index contributed by atoms with van der Waals surface area (Å²) in [6.07, 6.45) is 1.10. The van der Waals surface area contributed by atoms with Crippen LogP contribution < -0.4 is 5.32 Å². The molecule has 1 aliphatic heterocycles. The van der Waals surface area contributed by atoms with Gasteiger partial charge in [-0.2, -0.15) is 4.99 Å². The first-order valence-electron chi connectivity index (χ1n) is 5.12. The number of aliphatic hydroxyl groups excluding tert-OH is 1. The summed E-state index contributed by atoms with van der Waals surface area (Å²) in [6.45, 7) is 5.54. The van der Waals surface area contributed by atoms with E-state index in [-0.39, 0.29) is 58.5 Å². The van der Waals surface area contributed by atoms with Crippen LogP contribution in [0.2, 0.25) is 0 Å². The number of aliphatic hydroxyl groups is 1. The molecule has 0 radical (unpaired) electrons. The second-order valence-corrected chi connectivity index (χ2v) is 3.83. The van der Waals surface area contributed by atoms with Crippen LogP contribution in [0.4, 0.5) is 0 Å². The summed E-state index contributed by atoms with van der Waals surface area (Å²) in [5.41, 5.74) is -1.11. The second kappa shape index (κ2) is 7.73. The Labute approximate surface area is 139 Å². The van der Waals surface area contributed by atoms with Crippen LogP contribution in [-0.2, 0) is 9.59 Å². The fourth-order valence-electron chi connectivity index (χ4n) is 1.98. The average molecular weight is 263 g/mol. The van der Waals surface area contributed by atoms with Crippen molar-refractivity contribution in [1.82, 2.24) is 5.32 Å². The Balaban J connectivity index is 0. The Morgan fingerprint density at radius 2 is 1.94 bits per heavy atom. The number of hydrogen-bond acceptors (Lipinski definition) is 2. The van der Waals surface area contributed by atoms with Gasteiger partial charge in [0, 0.05) is 0 Å². The number of carbonyl (C=O) groups excluding carboxylic acids is 2. The molecule has 5 nitrogen and oxygen atoms in total. The van der Waals surface area contributed by atoms with Gasteiger partial charge >= 0.3 is 52.6 Å². The van der Waals surface area contributed by atoms with Crippen LogP contribution in [0.3, 0.4) is 0 Å².